The molecule has 0 aliphatic heterocycles. The molecule has 2 aromatic rings. The number of furan rings is 1. The molecule has 0 unspecified atom stereocenters. The molecule has 0 saturated carbocycles. The van der Waals surface area contributed by atoms with Crippen LogP contribution in [0.5, 0.6) is 0 Å². The predicted molar refractivity (Wildman–Crippen MR) is 98.2 cm³/mol. The maximum Gasteiger partial charge on any atom is 0.170 e. The minimum absolute atomic E-state index is 0.590. The number of nitrogens with one attached hydrogen (secondary N) is 2. The SMILES string of the molecule is S=C(NCCSCc1ccco1)Nc1ccc(Br)c(Cl)c1. The van der Waals surface area contributed by atoms with E-state index in [0.29, 0.717) is 10.1 Å². The van der Waals surface area contributed by atoms with E-state index >= 15 is 0 Å². The normalized spacial score (nSPS) is 10.4. The zero-order chi connectivity index (χ0) is 15.1. The van der Waals surface area contributed by atoms with Gasteiger partial charge in [0.1, 0.15) is 5.76 Å². The Hall–Kier alpha value is -0.690. The van der Waals surface area contributed by atoms with Crippen LogP contribution in [0.3, 0.4) is 0 Å². The summed E-state index contributed by atoms with van der Waals surface area (Å²) in [4.78, 5) is 0. The molecule has 112 valence electrons. The van der Waals surface area contributed by atoms with Crippen LogP contribution in [0.25, 0.3) is 0 Å². The zero-order valence-corrected chi connectivity index (χ0v) is 15.0. The Labute approximate surface area is 146 Å². The van der Waals surface area contributed by atoms with Crippen molar-refractivity contribution < 1.29 is 4.42 Å². The molecule has 1 heterocycles. The van der Waals surface area contributed by atoms with Crippen LogP contribution >= 0.6 is 51.5 Å². The van der Waals surface area contributed by atoms with E-state index in [9.17, 15) is 0 Å². The number of thioether (sulfide) groups is 1. The monoisotopic (exact) mass is 404 g/mol. The van der Waals surface area contributed by atoms with Gasteiger partial charge in [-0.2, -0.15) is 11.8 Å². The fourth-order valence-electron chi connectivity index (χ4n) is 1.55. The molecule has 0 fully saturated rings. The van der Waals surface area contributed by atoms with E-state index in [1.165, 1.54) is 0 Å². The van der Waals surface area contributed by atoms with Crippen molar-refractivity contribution in [3.63, 3.8) is 0 Å². The molecule has 2 N–H and O–H groups in total. The average molecular weight is 406 g/mol. The van der Waals surface area contributed by atoms with Gasteiger partial charge in [-0.05, 0) is 58.5 Å². The van der Waals surface area contributed by atoms with Crippen molar-refractivity contribution >= 4 is 62.3 Å². The molecule has 0 atom stereocenters. The average Bonchev–Trinajstić information content (AvgIpc) is 2.96. The highest BCUT2D eigenvalue weighted by atomic mass is 79.9. The fraction of sp³-hybridized carbons (Fsp3) is 0.214. The number of rotatable bonds is 6. The first kappa shape index (κ1) is 16.7. The van der Waals surface area contributed by atoms with Crippen LogP contribution in [-0.4, -0.2) is 17.4 Å². The molecule has 1 aromatic heterocycles. The van der Waals surface area contributed by atoms with Gasteiger partial charge in [-0.15, -0.1) is 0 Å². The number of thiocarbonyl (C=S) groups is 1. The smallest absolute Gasteiger partial charge is 0.170 e. The van der Waals surface area contributed by atoms with Crippen LogP contribution in [0.4, 0.5) is 5.69 Å². The summed E-state index contributed by atoms with van der Waals surface area (Å²) in [5.74, 6) is 2.81. The molecule has 0 aliphatic rings. The minimum atomic E-state index is 0.590. The Morgan fingerprint density at radius 3 is 2.95 bits per heavy atom. The maximum atomic E-state index is 6.03. The summed E-state index contributed by atoms with van der Waals surface area (Å²) in [5, 5.41) is 7.50. The van der Waals surface area contributed by atoms with Gasteiger partial charge in [0.05, 0.1) is 17.0 Å². The first-order chi connectivity index (χ1) is 10.1. The lowest BCUT2D eigenvalue weighted by molar-refractivity contribution is 0.530. The molecule has 1 aromatic carbocycles. The van der Waals surface area contributed by atoms with Crippen molar-refractivity contribution in [1.29, 1.82) is 0 Å². The predicted octanol–water partition coefficient (Wildman–Crippen LogP) is 4.92. The lowest BCUT2D eigenvalue weighted by Crippen LogP contribution is -2.30. The Morgan fingerprint density at radius 1 is 1.38 bits per heavy atom. The van der Waals surface area contributed by atoms with Crippen LogP contribution < -0.4 is 10.6 Å². The summed E-state index contributed by atoms with van der Waals surface area (Å²) in [7, 11) is 0. The lowest BCUT2D eigenvalue weighted by atomic mass is 10.3. The summed E-state index contributed by atoms with van der Waals surface area (Å²) in [5.41, 5.74) is 0.865. The van der Waals surface area contributed by atoms with Crippen LogP contribution in [0.2, 0.25) is 5.02 Å². The fourth-order valence-corrected chi connectivity index (χ4v) is 2.96. The third kappa shape index (κ3) is 5.90. The van der Waals surface area contributed by atoms with Gasteiger partial charge >= 0.3 is 0 Å². The molecule has 0 saturated heterocycles. The van der Waals surface area contributed by atoms with Gasteiger partial charge in [-0.3, -0.25) is 0 Å². The van der Waals surface area contributed by atoms with E-state index in [0.717, 1.165) is 34.0 Å². The molecule has 0 bridgehead atoms. The second-order valence-corrected chi connectivity index (χ2v) is 6.92. The number of benzene rings is 1. The van der Waals surface area contributed by atoms with Crippen molar-refractivity contribution in [1.82, 2.24) is 5.32 Å². The molecule has 3 nitrogen and oxygen atoms in total. The highest BCUT2D eigenvalue weighted by Gasteiger charge is 2.01. The minimum Gasteiger partial charge on any atom is -0.468 e. The molecule has 0 aliphatic carbocycles. The zero-order valence-electron chi connectivity index (χ0n) is 11.1. The van der Waals surface area contributed by atoms with Gasteiger partial charge in [-0.25, -0.2) is 0 Å². The molecule has 0 amide bonds. The molecular formula is C14H14BrClN2OS2. The standard InChI is InChI=1S/C14H14BrClN2OS2/c15-12-4-3-10(8-13(12)16)18-14(20)17-5-7-21-9-11-2-1-6-19-11/h1-4,6,8H,5,7,9H2,(H2,17,18,20). The molecule has 0 radical (unpaired) electrons. The van der Waals surface area contributed by atoms with E-state index in [1.807, 2.05) is 30.3 Å². The highest BCUT2D eigenvalue weighted by Crippen LogP contribution is 2.25. The third-order valence-electron chi connectivity index (χ3n) is 2.53. The van der Waals surface area contributed by atoms with Crippen molar-refractivity contribution in [3.8, 4) is 0 Å². The summed E-state index contributed by atoms with van der Waals surface area (Å²) in [6.07, 6.45) is 1.69. The first-order valence-corrected chi connectivity index (χ1v) is 8.98. The topological polar surface area (TPSA) is 37.2 Å². The number of halogens is 2. The molecule has 21 heavy (non-hydrogen) atoms. The van der Waals surface area contributed by atoms with Crippen molar-refractivity contribution in [2.45, 2.75) is 5.75 Å². The van der Waals surface area contributed by atoms with Gasteiger partial charge in [0, 0.05) is 22.5 Å². The van der Waals surface area contributed by atoms with Crippen LogP contribution in [0.15, 0.2) is 45.5 Å². The summed E-state index contributed by atoms with van der Waals surface area (Å²) >= 11 is 16.4. The number of anilines is 1. The van der Waals surface area contributed by atoms with Gasteiger partial charge in [0.2, 0.25) is 0 Å². The summed E-state index contributed by atoms with van der Waals surface area (Å²) in [6, 6.07) is 9.49. The second kappa shape index (κ2) is 8.68. The third-order valence-corrected chi connectivity index (χ3v) is 4.99. The second-order valence-electron chi connectivity index (χ2n) is 4.14. The molecule has 2 rings (SSSR count). The quantitative estimate of drug-likeness (QED) is 0.527. The van der Waals surface area contributed by atoms with E-state index < -0.39 is 0 Å². The van der Waals surface area contributed by atoms with E-state index in [4.69, 9.17) is 28.2 Å². The van der Waals surface area contributed by atoms with E-state index in [-0.39, 0.29) is 0 Å². The largest absolute Gasteiger partial charge is 0.468 e. The van der Waals surface area contributed by atoms with Gasteiger partial charge in [-0.1, -0.05) is 11.6 Å². The van der Waals surface area contributed by atoms with Gasteiger partial charge in [0.15, 0.2) is 5.11 Å². The van der Waals surface area contributed by atoms with E-state index in [1.54, 1.807) is 18.0 Å². The highest BCUT2D eigenvalue weighted by molar-refractivity contribution is 9.10. The first-order valence-electron chi connectivity index (χ1n) is 6.25. The van der Waals surface area contributed by atoms with Crippen molar-refractivity contribution in [3.05, 3.63) is 51.9 Å². The van der Waals surface area contributed by atoms with Crippen LogP contribution in [0, 0.1) is 0 Å². The van der Waals surface area contributed by atoms with Gasteiger partial charge < -0.3 is 15.1 Å². The Morgan fingerprint density at radius 2 is 2.24 bits per heavy atom. The molecule has 0 spiro atoms. The van der Waals surface area contributed by atoms with Crippen LogP contribution in [0.1, 0.15) is 5.76 Å². The summed E-state index contributed by atoms with van der Waals surface area (Å²) in [6.45, 7) is 0.793. The van der Waals surface area contributed by atoms with Crippen LogP contribution in [-0.2, 0) is 5.75 Å². The maximum absolute atomic E-state index is 6.03. The van der Waals surface area contributed by atoms with Crippen molar-refractivity contribution in [2.75, 3.05) is 17.6 Å². The molecular weight excluding hydrogens is 392 g/mol. The number of hydrogen-bond donors (Lipinski definition) is 2. The van der Waals surface area contributed by atoms with Crippen molar-refractivity contribution in [2.24, 2.45) is 0 Å². The number of hydrogen-bond acceptors (Lipinski definition) is 3. The Kier molecular flexibility index (Phi) is 6.89. The summed E-state index contributed by atoms with van der Waals surface area (Å²) < 4.78 is 6.13. The van der Waals surface area contributed by atoms with E-state index in [2.05, 4.69) is 26.6 Å². The molecule has 7 heteroatoms. The Balaban J connectivity index is 1.64. The van der Waals surface area contributed by atoms with Gasteiger partial charge in [0.25, 0.3) is 0 Å². The Bertz CT molecular complexity index is 593. The lowest BCUT2D eigenvalue weighted by Gasteiger charge is -2.10.